The maximum Gasteiger partial charge on any atom is 0.222 e. The molecule has 0 aromatic rings. The van der Waals surface area contributed by atoms with Crippen LogP contribution in [0.15, 0.2) is 0 Å². The molecule has 0 aliphatic rings. The van der Waals surface area contributed by atoms with E-state index in [0.29, 0.717) is 57.6 Å². The zero-order valence-electron chi connectivity index (χ0n) is 16.0. The van der Waals surface area contributed by atoms with E-state index in [9.17, 15) is 9.59 Å². The molecule has 0 aromatic heterocycles. The van der Waals surface area contributed by atoms with Crippen molar-refractivity contribution in [2.24, 2.45) is 11.8 Å². The summed E-state index contributed by atoms with van der Waals surface area (Å²) in [4.78, 5) is 23.6. The highest BCUT2D eigenvalue weighted by atomic mass is 16.5. The van der Waals surface area contributed by atoms with Crippen LogP contribution in [0.25, 0.3) is 0 Å². The minimum absolute atomic E-state index is 0.0416. The summed E-state index contributed by atoms with van der Waals surface area (Å²) in [5.41, 5.74) is 0. The predicted octanol–water partition coefficient (Wildman–Crippen LogP) is 2.12. The fourth-order valence-corrected chi connectivity index (χ4v) is 1.89. The van der Waals surface area contributed by atoms with Crippen molar-refractivity contribution >= 4 is 11.8 Å². The first-order valence-electron chi connectivity index (χ1n) is 9.06. The Morgan fingerprint density at radius 1 is 0.875 bits per heavy atom. The van der Waals surface area contributed by atoms with Crippen LogP contribution in [0.4, 0.5) is 0 Å². The van der Waals surface area contributed by atoms with Crippen LogP contribution in [-0.2, 0) is 19.1 Å². The van der Waals surface area contributed by atoms with Gasteiger partial charge in [0.1, 0.15) is 0 Å². The highest BCUT2D eigenvalue weighted by molar-refractivity contribution is 5.77. The summed E-state index contributed by atoms with van der Waals surface area (Å²) in [6, 6.07) is -0.0527. The molecule has 2 N–H and O–H groups in total. The van der Waals surface area contributed by atoms with Crippen LogP contribution < -0.4 is 10.6 Å². The van der Waals surface area contributed by atoms with Gasteiger partial charge in [0.2, 0.25) is 11.8 Å². The molecule has 142 valence electrons. The van der Waals surface area contributed by atoms with Gasteiger partial charge in [0.15, 0.2) is 0 Å². The van der Waals surface area contributed by atoms with Gasteiger partial charge in [-0.3, -0.25) is 9.59 Å². The Kier molecular flexibility index (Phi) is 13.5. The second-order valence-corrected chi connectivity index (χ2v) is 6.91. The monoisotopic (exact) mass is 344 g/mol. The number of rotatable bonds is 14. The van der Waals surface area contributed by atoms with Gasteiger partial charge in [-0.25, -0.2) is 0 Å². The molecule has 0 aliphatic carbocycles. The molecular weight excluding hydrogens is 308 g/mol. The lowest BCUT2D eigenvalue weighted by Crippen LogP contribution is -2.43. The number of hydrogen-bond acceptors (Lipinski definition) is 4. The highest BCUT2D eigenvalue weighted by Gasteiger charge is 2.12. The van der Waals surface area contributed by atoms with Crippen LogP contribution >= 0.6 is 0 Å². The summed E-state index contributed by atoms with van der Waals surface area (Å²) in [5.74, 6) is 0.847. The fourth-order valence-electron chi connectivity index (χ4n) is 1.89. The summed E-state index contributed by atoms with van der Waals surface area (Å²) < 4.78 is 10.8. The number of carbonyl (C=O) groups is 2. The molecule has 0 rings (SSSR count). The molecular formula is C18H36N2O4. The maximum atomic E-state index is 11.9. The second-order valence-electron chi connectivity index (χ2n) is 6.91. The van der Waals surface area contributed by atoms with E-state index >= 15 is 0 Å². The van der Waals surface area contributed by atoms with Gasteiger partial charge < -0.3 is 20.1 Å². The van der Waals surface area contributed by atoms with Crippen molar-refractivity contribution in [2.45, 2.75) is 59.9 Å². The Morgan fingerprint density at radius 3 is 1.83 bits per heavy atom. The van der Waals surface area contributed by atoms with Crippen LogP contribution in [0.3, 0.4) is 0 Å². The normalized spacial score (nSPS) is 12.5. The molecule has 0 bridgehead atoms. The van der Waals surface area contributed by atoms with Crippen molar-refractivity contribution in [1.82, 2.24) is 10.6 Å². The molecule has 6 heteroatoms. The van der Waals surface area contributed by atoms with Crippen LogP contribution in [0.2, 0.25) is 0 Å². The largest absolute Gasteiger partial charge is 0.381 e. The van der Waals surface area contributed by atoms with Gasteiger partial charge in [0, 0.05) is 38.6 Å². The molecule has 0 spiro atoms. The summed E-state index contributed by atoms with van der Waals surface area (Å²) in [6.07, 6.45) is 1.46. The molecule has 0 heterocycles. The first-order valence-corrected chi connectivity index (χ1v) is 9.06. The molecule has 6 nitrogen and oxygen atoms in total. The van der Waals surface area contributed by atoms with Crippen molar-refractivity contribution in [3.05, 3.63) is 0 Å². The molecule has 0 aromatic carbocycles. The first kappa shape index (κ1) is 22.9. The van der Waals surface area contributed by atoms with E-state index in [1.165, 1.54) is 0 Å². The van der Waals surface area contributed by atoms with Gasteiger partial charge in [-0.05, 0) is 18.3 Å². The Balaban J connectivity index is 3.80. The average molecular weight is 344 g/mol. The van der Waals surface area contributed by atoms with E-state index in [2.05, 4.69) is 38.3 Å². The zero-order valence-corrected chi connectivity index (χ0v) is 16.0. The maximum absolute atomic E-state index is 11.9. The summed E-state index contributed by atoms with van der Waals surface area (Å²) in [5, 5.41) is 5.77. The van der Waals surface area contributed by atoms with Gasteiger partial charge in [-0.2, -0.15) is 0 Å². The van der Waals surface area contributed by atoms with Gasteiger partial charge in [-0.15, -0.1) is 0 Å². The third-order valence-electron chi connectivity index (χ3n) is 3.25. The van der Waals surface area contributed by atoms with Crippen LogP contribution in [0, 0.1) is 11.8 Å². The topological polar surface area (TPSA) is 76.7 Å². The number of amides is 2. The Morgan fingerprint density at radius 2 is 1.38 bits per heavy atom. The van der Waals surface area contributed by atoms with Crippen LogP contribution in [-0.4, -0.2) is 50.8 Å². The van der Waals surface area contributed by atoms with E-state index in [0.717, 1.165) is 6.42 Å². The minimum atomic E-state index is -0.0527. The van der Waals surface area contributed by atoms with Crippen LogP contribution in [0.5, 0.6) is 0 Å². The van der Waals surface area contributed by atoms with E-state index in [1.807, 2.05) is 6.92 Å². The van der Waals surface area contributed by atoms with Crippen molar-refractivity contribution in [1.29, 1.82) is 0 Å². The zero-order chi connectivity index (χ0) is 18.4. The van der Waals surface area contributed by atoms with Gasteiger partial charge in [0.05, 0.1) is 13.2 Å². The number of ether oxygens (including phenoxy) is 2. The second kappa shape index (κ2) is 14.2. The lowest BCUT2D eigenvalue weighted by Gasteiger charge is -2.18. The van der Waals surface area contributed by atoms with Crippen molar-refractivity contribution in [2.75, 3.05) is 33.0 Å². The molecule has 1 unspecified atom stereocenters. The molecule has 0 radical (unpaired) electrons. The van der Waals surface area contributed by atoms with Gasteiger partial charge in [-0.1, -0.05) is 34.6 Å². The van der Waals surface area contributed by atoms with Gasteiger partial charge >= 0.3 is 0 Å². The smallest absolute Gasteiger partial charge is 0.222 e. The lowest BCUT2D eigenvalue weighted by molar-refractivity contribution is -0.124. The first-order chi connectivity index (χ1) is 11.3. The van der Waals surface area contributed by atoms with Crippen LogP contribution in [0.1, 0.15) is 53.9 Å². The predicted molar refractivity (Wildman–Crippen MR) is 95.8 cm³/mol. The third-order valence-corrected chi connectivity index (χ3v) is 3.25. The highest BCUT2D eigenvalue weighted by Crippen LogP contribution is 1.96. The number of hydrogen-bond donors (Lipinski definition) is 2. The summed E-state index contributed by atoms with van der Waals surface area (Å²) in [6.45, 7) is 12.9. The molecule has 2 amide bonds. The lowest BCUT2D eigenvalue weighted by atomic mass is 10.2. The van der Waals surface area contributed by atoms with Crippen molar-refractivity contribution in [3.8, 4) is 0 Å². The van der Waals surface area contributed by atoms with Crippen molar-refractivity contribution in [3.63, 3.8) is 0 Å². The van der Waals surface area contributed by atoms with E-state index in [4.69, 9.17) is 9.47 Å². The molecule has 24 heavy (non-hydrogen) atoms. The Hall–Kier alpha value is -1.14. The van der Waals surface area contributed by atoms with E-state index in [1.54, 1.807) is 0 Å². The molecule has 0 saturated carbocycles. The van der Waals surface area contributed by atoms with E-state index < -0.39 is 0 Å². The molecule has 0 saturated heterocycles. The average Bonchev–Trinajstić information content (AvgIpc) is 2.51. The van der Waals surface area contributed by atoms with Gasteiger partial charge in [0.25, 0.3) is 0 Å². The molecule has 0 fully saturated rings. The fraction of sp³-hybridized carbons (Fsp3) is 0.889. The summed E-state index contributed by atoms with van der Waals surface area (Å²) in [7, 11) is 0. The number of carbonyl (C=O) groups excluding carboxylic acids is 2. The third kappa shape index (κ3) is 14.5. The standard InChI is InChI=1S/C18H36N2O4/c1-6-16(20-18(22)8-10-24-13-15(4)5)11-19-17(21)7-9-23-12-14(2)3/h14-16H,6-13H2,1-5H3,(H,19,21)(H,20,22). The summed E-state index contributed by atoms with van der Waals surface area (Å²) >= 11 is 0. The molecule has 1 atom stereocenters. The quantitative estimate of drug-likeness (QED) is 0.473. The van der Waals surface area contributed by atoms with Crippen molar-refractivity contribution < 1.29 is 19.1 Å². The number of nitrogens with one attached hydrogen (secondary N) is 2. The molecule has 0 aliphatic heterocycles. The minimum Gasteiger partial charge on any atom is -0.381 e. The van der Waals surface area contributed by atoms with E-state index in [-0.39, 0.29) is 17.9 Å². The SMILES string of the molecule is CCC(CNC(=O)CCOCC(C)C)NC(=O)CCOCC(C)C. The Labute approximate surface area is 147 Å². The Bertz CT molecular complexity index is 346.